The van der Waals surface area contributed by atoms with Gasteiger partial charge >= 0.3 is 0 Å². The van der Waals surface area contributed by atoms with Gasteiger partial charge in [0.25, 0.3) is 0 Å². The third-order valence-corrected chi connectivity index (χ3v) is 8.01. The first-order chi connectivity index (χ1) is 15.4. The van der Waals surface area contributed by atoms with Crippen LogP contribution in [-0.2, 0) is 9.53 Å². The van der Waals surface area contributed by atoms with Gasteiger partial charge in [0.15, 0.2) is 0 Å². The molecule has 2 heterocycles. The van der Waals surface area contributed by atoms with Gasteiger partial charge in [-0.25, -0.2) is 9.37 Å². The van der Waals surface area contributed by atoms with E-state index < -0.39 is 23.4 Å². The molecule has 4 rings (SSSR count). The summed E-state index contributed by atoms with van der Waals surface area (Å²) in [4.78, 5) is 20.8. The van der Waals surface area contributed by atoms with Crippen LogP contribution in [0.25, 0.3) is 10.4 Å². The Bertz CT molecular complexity index is 1010. The first-order valence-corrected chi connectivity index (χ1v) is 11.9. The second-order valence-electron chi connectivity index (χ2n) is 8.78. The summed E-state index contributed by atoms with van der Waals surface area (Å²) in [6.07, 6.45) is -0.402. The summed E-state index contributed by atoms with van der Waals surface area (Å²) in [6.45, 7) is 6.78. The van der Waals surface area contributed by atoms with E-state index in [1.807, 2.05) is 6.92 Å². The highest BCUT2D eigenvalue weighted by Crippen LogP contribution is 2.54. The smallest absolute Gasteiger partial charge is 0.225 e. The Kier molecular flexibility index (Phi) is 6.50. The minimum atomic E-state index is -1.27. The predicted octanol–water partition coefficient (Wildman–Crippen LogP) is 4.19. The Morgan fingerprint density at radius 3 is 2.66 bits per heavy atom. The number of hydrogen-bond donors (Lipinski definition) is 1. The first-order valence-electron chi connectivity index (χ1n) is 11.1. The fourth-order valence-corrected chi connectivity index (χ4v) is 6.19. The maximum absolute atomic E-state index is 14.5. The molecule has 1 aromatic heterocycles. The number of nitrogens with two attached hydrogens (primary N) is 1. The highest BCUT2D eigenvalue weighted by Gasteiger charge is 2.54. The minimum absolute atomic E-state index is 0.0340. The molecule has 0 spiro atoms. The molecule has 0 bridgehead atoms. The van der Waals surface area contributed by atoms with Crippen LogP contribution in [0.3, 0.4) is 0 Å². The molecule has 1 amide bonds. The normalized spacial score (nSPS) is 27.0. The van der Waals surface area contributed by atoms with E-state index in [0.717, 1.165) is 53.1 Å². The second kappa shape index (κ2) is 9.16. The van der Waals surface area contributed by atoms with Crippen LogP contribution < -0.4 is 10.6 Å². The van der Waals surface area contributed by atoms with Gasteiger partial charge in [-0.05, 0) is 50.8 Å². The van der Waals surface area contributed by atoms with Crippen molar-refractivity contribution in [3.05, 3.63) is 35.0 Å². The van der Waals surface area contributed by atoms with Crippen molar-refractivity contribution in [1.29, 1.82) is 5.26 Å². The quantitative estimate of drug-likeness (QED) is 0.728. The number of carbonyl (C=O) groups is 1. The molecule has 4 atom stereocenters. The lowest BCUT2D eigenvalue weighted by molar-refractivity contribution is -0.135. The molecule has 32 heavy (non-hydrogen) atoms. The van der Waals surface area contributed by atoms with Gasteiger partial charge < -0.3 is 15.4 Å². The number of primary amides is 1. The van der Waals surface area contributed by atoms with E-state index in [0.29, 0.717) is 12.8 Å². The van der Waals surface area contributed by atoms with Crippen molar-refractivity contribution < 1.29 is 13.9 Å². The third kappa shape index (κ3) is 4.00. The number of amides is 1. The molecular formula is C24H29FN4O2S. The van der Waals surface area contributed by atoms with Gasteiger partial charge in [0.1, 0.15) is 6.17 Å². The summed E-state index contributed by atoms with van der Waals surface area (Å²) in [6, 6.07) is 10.5. The van der Waals surface area contributed by atoms with Crippen LogP contribution in [0.4, 0.5) is 10.1 Å². The Hall–Kier alpha value is -2.50. The Balaban J connectivity index is 1.74. The predicted molar refractivity (Wildman–Crippen MR) is 123 cm³/mol. The van der Waals surface area contributed by atoms with Crippen LogP contribution in [0, 0.1) is 29.6 Å². The van der Waals surface area contributed by atoms with E-state index in [1.165, 1.54) is 0 Å². The number of aromatic nitrogens is 1. The molecule has 0 radical (unpaired) electrons. The van der Waals surface area contributed by atoms with E-state index in [4.69, 9.17) is 15.5 Å². The topological polar surface area (TPSA) is 92.2 Å². The van der Waals surface area contributed by atoms with Crippen LogP contribution in [0.15, 0.2) is 24.3 Å². The molecule has 170 valence electrons. The number of halogens is 1. The van der Waals surface area contributed by atoms with Gasteiger partial charge in [0, 0.05) is 24.7 Å². The monoisotopic (exact) mass is 456 g/mol. The number of nitriles is 1. The average Bonchev–Trinajstić information content (AvgIpc) is 3.20. The van der Waals surface area contributed by atoms with Crippen molar-refractivity contribution >= 4 is 22.9 Å². The third-order valence-electron chi connectivity index (χ3n) is 6.97. The van der Waals surface area contributed by atoms with Crippen LogP contribution in [0.1, 0.15) is 42.8 Å². The van der Waals surface area contributed by atoms with Gasteiger partial charge in [-0.15, -0.1) is 11.3 Å². The second-order valence-corrected chi connectivity index (χ2v) is 9.98. The Labute approximate surface area is 192 Å². The van der Waals surface area contributed by atoms with Gasteiger partial charge in [-0.3, -0.25) is 4.79 Å². The van der Waals surface area contributed by atoms with Gasteiger partial charge in [-0.1, -0.05) is 12.1 Å². The average molecular weight is 457 g/mol. The fraction of sp³-hybridized carbons (Fsp3) is 0.542. The van der Waals surface area contributed by atoms with E-state index in [9.17, 15) is 14.4 Å². The summed E-state index contributed by atoms with van der Waals surface area (Å²) in [5.41, 5.74) is 7.51. The molecule has 2 N–H and O–H groups in total. The zero-order valence-electron chi connectivity index (χ0n) is 18.5. The summed E-state index contributed by atoms with van der Waals surface area (Å²) in [7, 11) is 0. The molecule has 2 aromatic rings. The van der Waals surface area contributed by atoms with E-state index in [1.54, 1.807) is 18.3 Å². The van der Waals surface area contributed by atoms with Crippen molar-refractivity contribution in [2.75, 3.05) is 31.2 Å². The van der Waals surface area contributed by atoms with Crippen LogP contribution in [-0.4, -0.2) is 43.4 Å². The number of benzene rings is 1. The molecule has 3 unspecified atom stereocenters. The number of nitrogens with zero attached hydrogens (tertiary/aromatic N) is 3. The van der Waals surface area contributed by atoms with Crippen LogP contribution in [0.5, 0.6) is 0 Å². The SMILES string of the molecule is Cc1nc(C2CCC(F)CC2(C(N)=O)[C@H](C)C#N)c(-c2ccc(N3CCOCC3)cc2)s1. The molecule has 1 aromatic carbocycles. The molecular weight excluding hydrogens is 427 g/mol. The fourth-order valence-electron chi connectivity index (χ4n) is 5.21. The number of hydrogen-bond acceptors (Lipinski definition) is 6. The summed E-state index contributed by atoms with van der Waals surface area (Å²) >= 11 is 1.56. The van der Waals surface area contributed by atoms with Crippen molar-refractivity contribution in [1.82, 2.24) is 4.98 Å². The minimum Gasteiger partial charge on any atom is -0.378 e. The molecule has 2 aliphatic rings. The van der Waals surface area contributed by atoms with E-state index in [-0.39, 0.29) is 12.3 Å². The zero-order valence-corrected chi connectivity index (χ0v) is 19.3. The van der Waals surface area contributed by atoms with Crippen LogP contribution in [0.2, 0.25) is 0 Å². The molecule has 1 saturated heterocycles. The molecule has 8 heteroatoms. The summed E-state index contributed by atoms with van der Waals surface area (Å²) in [5.74, 6) is -1.71. The number of morpholine rings is 1. The lowest BCUT2D eigenvalue weighted by Crippen LogP contribution is -2.50. The molecule has 1 saturated carbocycles. The molecule has 1 aliphatic heterocycles. The maximum Gasteiger partial charge on any atom is 0.225 e. The standard InChI is InChI=1S/C24H29FN4O2S/c1-15(14-26)24(23(27)30)13-18(25)5-8-20(24)21-22(32-16(2)28-21)17-3-6-19(7-4-17)29-9-11-31-12-10-29/h3-4,6-7,15,18,20H,5,8-13H2,1-2H3,(H2,27,30)/t15-,18?,20?,24?/m1/s1. The number of aryl methyl sites for hydroxylation is 1. The van der Waals surface area contributed by atoms with Gasteiger partial charge in [-0.2, -0.15) is 5.26 Å². The van der Waals surface area contributed by atoms with Crippen molar-refractivity contribution in [3.8, 4) is 16.5 Å². The lowest BCUT2D eigenvalue weighted by Gasteiger charge is -2.44. The molecule has 1 aliphatic carbocycles. The number of alkyl halides is 1. The Morgan fingerprint density at radius 1 is 1.34 bits per heavy atom. The molecule has 6 nitrogen and oxygen atoms in total. The van der Waals surface area contributed by atoms with Crippen molar-refractivity contribution in [3.63, 3.8) is 0 Å². The largest absolute Gasteiger partial charge is 0.378 e. The molecule has 2 fully saturated rings. The maximum atomic E-state index is 14.5. The summed E-state index contributed by atoms with van der Waals surface area (Å²) in [5, 5.41) is 10.6. The van der Waals surface area contributed by atoms with Crippen molar-refractivity contribution in [2.24, 2.45) is 17.1 Å². The Morgan fingerprint density at radius 2 is 2.03 bits per heavy atom. The number of rotatable bonds is 5. The summed E-state index contributed by atoms with van der Waals surface area (Å²) < 4.78 is 20.0. The van der Waals surface area contributed by atoms with Gasteiger partial charge in [0.2, 0.25) is 5.91 Å². The first kappa shape index (κ1) is 22.7. The number of ether oxygens (including phenoxy) is 1. The number of anilines is 1. The highest BCUT2D eigenvalue weighted by atomic mass is 32.1. The van der Waals surface area contributed by atoms with E-state index >= 15 is 0 Å². The zero-order chi connectivity index (χ0) is 22.9. The van der Waals surface area contributed by atoms with Crippen molar-refractivity contribution in [2.45, 2.75) is 45.2 Å². The van der Waals surface area contributed by atoms with Crippen LogP contribution >= 0.6 is 11.3 Å². The van der Waals surface area contributed by atoms with Gasteiger partial charge in [0.05, 0.1) is 46.2 Å². The number of thiazole rings is 1. The lowest BCUT2D eigenvalue weighted by atomic mass is 9.58. The highest BCUT2D eigenvalue weighted by molar-refractivity contribution is 7.15. The van der Waals surface area contributed by atoms with E-state index in [2.05, 4.69) is 35.2 Å². The number of carbonyl (C=O) groups excluding carboxylic acids is 1.